The summed E-state index contributed by atoms with van der Waals surface area (Å²) in [7, 11) is 2.12. The van der Waals surface area contributed by atoms with Crippen molar-refractivity contribution in [2.24, 2.45) is 17.3 Å². The number of rotatable bonds is 3. The Morgan fingerprint density at radius 2 is 1.84 bits per heavy atom. The van der Waals surface area contributed by atoms with E-state index in [-0.39, 0.29) is 0 Å². The van der Waals surface area contributed by atoms with Gasteiger partial charge in [0.1, 0.15) is 0 Å². The van der Waals surface area contributed by atoms with Gasteiger partial charge >= 0.3 is 0 Å². The summed E-state index contributed by atoms with van der Waals surface area (Å²) >= 11 is 1.88. The predicted octanol–water partition coefficient (Wildman–Crippen LogP) is 5.17. The minimum atomic E-state index is 0.485. The molecule has 0 amide bonds. The highest BCUT2D eigenvalue weighted by atomic mass is 32.1. The summed E-state index contributed by atoms with van der Waals surface area (Å²) < 4.78 is 0. The van der Waals surface area contributed by atoms with Crippen molar-refractivity contribution in [1.29, 1.82) is 0 Å². The van der Waals surface area contributed by atoms with E-state index >= 15 is 0 Å². The van der Waals surface area contributed by atoms with E-state index in [1.54, 1.807) is 0 Å². The molecule has 1 unspecified atom stereocenters. The predicted molar refractivity (Wildman–Crippen MR) is 85.8 cm³/mol. The summed E-state index contributed by atoms with van der Waals surface area (Å²) in [6, 6.07) is 2.92. The maximum Gasteiger partial charge on any atom is 0.0354 e. The van der Waals surface area contributed by atoms with Gasteiger partial charge in [-0.25, -0.2) is 0 Å². The molecule has 0 aliphatic heterocycles. The van der Waals surface area contributed by atoms with Gasteiger partial charge in [0.2, 0.25) is 0 Å². The highest BCUT2D eigenvalue weighted by Crippen LogP contribution is 2.43. The van der Waals surface area contributed by atoms with E-state index in [9.17, 15) is 0 Å². The first-order valence-electron chi connectivity index (χ1n) is 7.64. The van der Waals surface area contributed by atoms with Crippen LogP contribution in [0.25, 0.3) is 0 Å². The number of aryl methyl sites for hydroxylation is 1. The third-order valence-electron chi connectivity index (χ3n) is 4.89. The van der Waals surface area contributed by atoms with Gasteiger partial charge in [-0.3, -0.25) is 0 Å². The molecule has 1 fully saturated rings. The standard InChI is InChI=1S/C17H29NS/c1-12-10-14(11-19-12)16(18-5)13-6-8-15(9-7-13)17(2,3)4/h10-11,13,15-16,18H,6-9H2,1-5H3. The van der Waals surface area contributed by atoms with Gasteiger partial charge in [0.25, 0.3) is 0 Å². The molecular formula is C17H29NS. The highest BCUT2D eigenvalue weighted by molar-refractivity contribution is 7.10. The molecule has 1 heterocycles. The molecule has 1 N–H and O–H groups in total. The molecule has 1 aromatic rings. The average molecular weight is 279 g/mol. The molecule has 0 radical (unpaired) electrons. The third-order valence-corrected chi connectivity index (χ3v) is 5.77. The Morgan fingerprint density at radius 1 is 1.21 bits per heavy atom. The molecule has 1 aromatic heterocycles. The van der Waals surface area contributed by atoms with Gasteiger partial charge in [-0.15, -0.1) is 11.3 Å². The van der Waals surface area contributed by atoms with Crippen LogP contribution in [-0.2, 0) is 0 Å². The van der Waals surface area contributed by atoms with Crippen LogP contribution in [0.1, 0.15) is 62.9 Å². The third kappa shape index (κ3) is 3.61. The van der Waals surface area contributed by atoms with Crippen molar-refractivity contribution in [3.8, 4) is 0 Å². The first-order valence-corrected chi connectivity index (χ1v) is 8.52. The lowest BCUT2D eigenvalue weighted by atomic mass is 9.68. The molecule has 0 aromatic carbocycles. The molecule has 108 valence electrons. The second-order valence-electron chi connectivity index (χ2n) is 7.23. The largest absolute Gasteiger partial charge is 0.313 e. The monoisotopic (exact) mass is 279 g/mol. The van der Waals surface area contributed by atoms with Crippen molar-refractivity contribution in [2.75, 3.05) is 7.05 Å². The van der Waals surface area contributed by atoms with Crippen molar-refractivity contribution in [2.45, 2.75) is 59.4 Å². The molecule has 19 heavy (non-hydrogen) atoms. The van der Waals surface area contributed by atoms with Crippen LogP contribution in [-0.4, -0.2) is 7.05 Å². The fourth-order valence-corrected chi connectivity index (χ4v) is 4.36. The molecule has 2 rings (SSSR count). The van der Waals surface area contributed by atoms with E-state index < -0.39 is 0 Å². The Hall–Kier alpha value is -0.340. The van der Waals surface area contributed by atoms with Gasteiger partial charge in [0.05, 0.1) is 0 Å². The van der Waals surface area contributed by atoms with Gasteiger partial charge in [-0.05, 0) is 73.9 Å². The number of thiophene rings is 1. The van der Waals surface area contributed by atoms with E-state index in [1.165, 1.54) is 36.1 Å². The van der Waals surface area contributed by atoms with Crippen LogP contribution >= 0.6 is 11.3 Å². The highest BCUT2D eigenvalue weighted by Gasteiger charge is 2.33. The Morgan fingerprint density at radius 3 is 2.26 bits per heavy atom. The lowest BCUT2D eigenvalue weighted by Gasteiger charge is -2.39. The van der Waals surface area contributed by atoms with Crippen molar-refractivity contribution in [3.05, 3.63) is 21.9 Å². The number of hydrogen-bond donors (Lipinski definition) is 1. The molecule has 1 atom stereocenters. The van der Waals surface area contributed by atoms with Gasteiger partial charge < -0.3 is 5.32 Å². The first-order chi connectivity index (χ1) is 8.91. The molecule has 1 nitrogen and oxygen atoms in total. The zero-order chi connectivity index (χ0) is 14.0. The lowest BCUT2D eigenvalue weighted by Crippen LogP contribution is -2.32. The molecule has 2 heteroatoms. The molecule has 0 spiro atoms. The van der Waals surface area contributed by atoms with Crippen molar-refractivity contribution >= 4 is 11.3 Å². The van der Waals surface area contributed by atoms with Crippen LogP contribution in [0, 0.1) is 24.2 Å². The molecule has 1 aliphatic carbocycles. The second-order valence-corrected chi connectivity index (χ2v) is 8.35. The van der Waals surface area contributed by atoms with Crippen LogP contribution in [0.5, 0.6) is 0 Å². The second kappa shape index (κ2) is 5.97. The Labute approximate surface area is 122 Å². The maximum atomic E-state index is 3.56. The summed E-state index contributed by atoms with van der Waals surface area (Å²) in [5.74, 6) is 1.73. The zero-order valence-corrected chi connectivity index (χ0v) is 13.9. The smallest absolute Gasteiger partial charge is 0.0354 e. The Balaban J connectivity index is 1.99. The number of nitrogens with one attached hydrogen (secondary N) is 1. The first kappa shape index (κ1) is 15.1. The summed E-state index contributed by atoms with van der Waals surface area (Å²) in [6.07, 6.45) is 5.55. The van der Waals surface area contributed by atoms with Crippen LogP contribution in [0.2, 0.25) is 0 Å². The van der Waals surface area contributed by atoms with Gasteiger partial charge in [-0.2, -0.15) is 0 Å². The van der Waals surface area contributed by atoms with E-state index in [0.29, 0.717) is 11.5 Å². The van der Waals surface area contributed by atoms with Gasteiger partial charge in [0.15, 0.2) is 0 Å². The van der Waals surface area contributed by atoms with E-state index in [4.69, 9.17) is 0 Å². The maximum absolute atomic E-state index is 3.56. The molecule has 0 bridgehead atoms. The fourth-order valence-electron chi connectivity index (χ4n) is 3.62. The van der Waals surface area contributed by atoms with Gasteiger partial charge in [-0.1, -0.05) is 20.8 Å². The van der Waals surface area contributed by atoms with Crippen LogP contribution in [0.15, 0.2) is 11.4 Å². The summed E-state index contributed by atoms with van der Waals surface area (Å²) in [5.41, 5.74) is 1.99. The van der Waals surface area contributed by atoms with Crippen molar-refractivity contribution in [1.82, 2.24) is 5.32 Å². The van der Waals surface area contributed by atoms with Crippen molar-refractivity contribution in [3.63, 3.8) is 0 Å². The topological polar surface area (TPSA) is 12.0 Å². The normalized spacial score (nSPS) is 26.4. The van der Waals surface area contributed by atoms with Crippen molar-refractivity contribution < 1.29 is 0 Å². The Bertz CT molecular complexity index is 394. The van der Waals surface area contributed by atoms with Gasteiger partial charge in [0, 0.05) is 10.9 Å². The molecular weight excluding hydrogens is 250 g/mol. The van der Waals surface area contributed by atoms with Crippen LogP contribution < -0.4 is 5.32 Å². The number of hydrogen-bond acceptors (Lipinski definition) is 2. The average Bonchev–Trinajstić information content (AvgIpc) is 2.76. The van der Waals surface area contributed by atoms with E-state index in [0.717, 1.165) is 11.8 Å². The minimum Gasteiger partial charge on any atom is -0.313 e. The molecule has 0 saturated heterocycles. The fraction of sp³-hybridized carbons (Fsp3) is 0.765. The zero-order valence-electron chi connectivity index (χ0n) is 13.1. The quantitative estimate of drug-likeness (QED) is 0.805. The summed E-state index contributed by atoms with van der Waals surface area (Å²) in [5, 5.41) is 5.90. The minimum absolute atomic E-state index is 0.485. The van der Waals surface area contributed by atoms with Crippen LogP contribution in [0.4, 0.5) is 0 Å². The SMILES string of the molecule is CNC(c1csc(C)c1)C1CCC(C(C)(C)C)CC1. The van der Waals surface area contributed by atoms with E-state index in [1.807, 2.05) is 11.3 Å². The molecule has 1 aliphatic rings. The lowest BCUT2D eigenvalue weighted by molar-refractivity contribution is 0.134. The molecule has 1 saturated carbocycles. The van der Waals surface area contributed by atoms with Crippen LogP contribution in [0.3, 0.4) is 0 Å². The van der Waals surface area contributed by atoms with E-state index in [2.05, 4.69) is 51.5 Å². The summed E-state index contributed by atoms with van der Waals surface area (Å²) in [4.78, 5) is 1.43. The Kier molecular flexibility index (Phi) is 4.73. The summed E-state index contributed by atoms with van der Waals surface area (Å²) in [6.45, 7) is 9.40.